The topological polar surface area (TPSA) is 79.5 Å². The second kappa shape index (κ2) is 9.71. The molecule has 0 aliphatic heterocycles. The molecule has 1 aromatic heterocycles. The van der Waals surface area contributed by atoms with Crippen molar-refractivity contribution in [2.75, 3.05) is 0 Å². The predicted octanol–water partition coefficient (Wildman–Crippen LogP) is 5.12. The zero-order valence-electron chi connectivity index (χ0n) is 17.6. The number of carbonyl (C=O) groups is 2. The molecule has 0 amide bonds. The molecule has 162 valence electrons. The summed E-state index contributed by atoms with van der Waals surface area (Å²) in [5.41, 5.74) is 4.45. The summed E-state index contributed by atoms with van der Waals surface area (Å²) in [7, 11) is 0. The molecule has 2 N–H and O–H groups in total. The molecule has 6 heteroatoms. The molecule has 0 radical (unpaired) electrons. The third-order valence-electron chi connectivity index (χ3n) is 5.28. The monoisotopic (exact) mass is 423 g/mol. The minimum absolute atomic E-state index is 0.00604. The Labute approximate surface area is 180 Å². The number of carboxylic acid groups (broad SMARTS) is 1. The minimum Gasteiger partial charge on any atom is -0.481 e. The summed E-state index contributed by atoms with van der Waals surface area (Å²) in [5, 5.41) is 19.1. The van der Waals surface area contributed by atoms with Gasteiger partial charge in [-0.1, -0.05) is 44.2 Å². The third-order valence-corrected chi connectivity index (χ3v) is 5.28. The van der Waals surface area contributed by atoms with Gasteiger partial charge in [0, 0.05) is 23.4 Å². The number of aliphatic hydroxyl groups is 1. The Kier molecular flexibility index (Phi) is 7.02. The van der Waals surface area contributed by atoms with Crippen molar-refractivity contribution in [3.8, 4) is 22.4 Å². The van der Waals surface area contributed by atoms with Gasteiger partial charge in [0.05, 0.1) is 18.2 Å². The first-order chi connectivity index (χ1) is 14.8. The van der Waals surface area contributed by atoms with Crippen LogP contribution in [0.5, 0.6) is 0 Å². The maximum Gasteiger partial charge on any atom is 0.305 e. The second-order valence-electron chi connectivity index (χ2n) is 7.86. The Morgan fingerprint density at radius 1 is 1.06 bits per heavy atom. The van der Waals surface area contributed by atoms with Crippen molar-refractivity contribution in [3.05, 3.63) is 71.7 Å². The van der Waals surface area contributed by atoms with Gasteiger partial charge in [0.25, 0.3) is 0 Å². The molecule has 1 heterocycles. The Hall–Kier alpha value is -3.25. The van der Waals surface area contributed by atoms with Gasteiger partial charge in [-0.2, -0.15) is 0 Å². The smallest absolute Gasteiger partial charge is 0.305 e. The molecule has 0 saturated heterocycles. The van der Waals surface area contributed by atoms with E-state index in [4.69, 9.17) is 5.11 Å². The highest BCUT2D eigenvalue weighted by Crippen LogP contribution is 2.41. The molecule has 5 nitrogen and oxygen atoms in total. The largest absolute Gasteiger partial charge is 0.481 e. The summed E-state index contributed by atoms with van der Waals surface area (Å²) >= 11 is 0. The number of aldehydes is 1. The fourth-order valence-corrected chi connectivity index (χ4v) is 4.02. The molecular formula is C25H26FNO4. The van der Waals surface area contributed by atoms with Gasteiger partial charge in [-0.25, -0.2) is 4.39 Å². The van der Waals surface area contributed by atoms with Crippen LogP contribution < -0.4 is 0 Å². The van der Waals surface area contributed by atoms with Crippen LogP contribution in [0.3, 0.4) is 0 Å². The Balaban J connectivity index is 2.25. The van der Waals surface area contributed by atoms with E-state index < -0.39 is 12.1 Å². The van der Waals surface area contributed by atoms with Crippen LogP contribution in [-0.4, -0.2) is 33.1 Å². The van der Waals surface area contributed by atoms with Crippen LogP contribution in [0.2, 0.25) is 0 Å². The van der Waals surface area contributed by atoms with Gasteiger partial charge >= 0.3 is 5.97 Å². The highest BCUT2D eigenvalue weighted by atomic mass is 19.1. The first-order valence-electron chi connectivity index (χ1n) is 10.3. The normalized spacial score (nSPS) is 12.2. The van der Waals surface area contributed by atoms with Crippen molar-refractivity contribution in [2.24, 2.45) is 0 Å². The number of carboxylic acids is 1. The summed E-state index contributed by atoms with van der Waals surface area (Å²) in [6.07, 6.45) is -0.312. The first kappa shape index (κ1) is 22.4. The molecule has 0 saturated carbocycles. The lowest BCUT2D eigenvalue weighted by atomic mass is 9.96. The fraction of sp³-hybridized carbons (Fsp3) is 0.280. The Morgan fingerprint density at radius 3 is 2.26 bits per heavy atom. The quantitative estimate of drug-likeness (QED) is 0.468. The van der Waals surface area contributed by atoms with Crippen molar-refractivity contribution >= 4 is 12.3 Å². The van der Waals surface area contributed by atoms with Crippen molar-refractivity contribution in [3.63, 3.8) is 0 Å². The molecule has 0 fully saturated rings. The summed E-state index contributed by atoms with van der Waals surface area (Å²) in [6.45, 7) is 4.29. The van der Waals surface area contributed by atoms with E-state index in [1.165, 1.54) is 12.1 Å². The first-order valence-corrected chi connectivity index (χ1v) is 10.3. The van der Waals surface area contributed by atoms with Crippen LogP contribution in [0, 0.1) is 5.82 Å². The number of nitrogens with zero attached hydrogens (tertiary/aromatic N) is 1. The van der Waals surface area contributed by atoms with Crippen molar-refractivity contribution < 1.29 is 24.2 Å². The van der Waals surface area contributed by atoms with Gasteiger partial charge in [0.15, 0.2) is 6.29 Å². The predicted molar refractivity (Wildman–Crippen MR) is 118 cm³/mol. The number of benzene rings is 2. The third kappa shape index (κ3) is 4.91. The maximum absolute atomic E-state index is 13.6. The van der Waals surface area contributed by atoms with E-state index in [0.29, 0.717) is 12.1 Å². The summed E-state index contributed by atoms with van der Waals surface area (Å²) in [5.74, 6) is -1.44. The van der Waals surface area contributed by atoms with Crippen LogP contribution in [0.15, 0.2) is 54.6 Å². The lowest BCUT2D eigenvalue weighted by Crippen LogP contribution is -2.17. The van der Waals surface area contributed by atoms with Crippen LogP contribution >= 0.6 is 0 Å². The number of hydrogen-bond donors (Lipinski definition) is 2. The van der Waals surface area contributed by atoms with Gasteiger partial charge in [-0.15, -0.1) is 0 Å². The second-order valence-corrected chi connectivity index (χ2v) is 7.86. The Morgan fingerprint density at radius 2 is 1.71 bits per heavy atom. The lowest BCUT2D eigenvalue weighted by Gasteiger charge is -2.18. The van der Waals surface area contributed by atoms with E-state index in [2.05, 4.69) is 0 Å². The molecule has 3 rings (SSSR count). The number of aromatic nitrogens is 1. The number of hydrogen-bond acceptors (Lipinski definition) is 3. The van der Waals surface area contributed by atoms with E-state index in [1.54, 1.807) is 12.1 Å². The van der Waals surface area contributed by atoms with Gasteiger partial charge in [0.1, 0.15) is 5.82 Å². The molecule has 0 spiro atoms. The lowest BCUT2D eigenvalue weighted by molar-refractivity contribution is -0.139. The van der Waals surface area contributed by atoms with Crippen LogP contribution in [0.1, 0.15) is 48.7 Å². The summed E-state index contributed by atoms with van der Waals surface area (Å²) < 4.78 is 15.6. The number of carbonyl (C=O) groups excluding carboxylic acids is 1. The number of rotatable bonds is 9. The fourth-order valence-electron chi connectivity index (χ4n) is 4.02. The highest BCUT2D eigenvalue weighted by molar-refractivity contribution is 5.97. The zero-order valence-corrected chi connectivity index (χ0v) is 17.6. The van der Waals surface area contributed by atoms with E-state index in [9.17, 15) is 19.1 Å². The Bertz CT molecular complexity index is 1060. The number of halogens is 1. The summed E-state index contributed by atoms with van der Waals surface area (Å²) in [4.78, 5) is 23.2. The number of aliphatic hydroxyl groups excluding tert-OH is 1. The molecular weight excluding hydrogens is 397 g/mol. The molecule has 31 heavy (non-hydrogen) atoms. The molecule has 2 aromatic carbocycles. The van der Waals surface area contributed by atoms with Gasteiger partial charge in [-0.3, -0.25) is 9.59 Å². The van der Waals surface area contributed by atoms with Gasteiger partial charge in [-0.05, 0) is 47.7 Å². The van der Waals surface area contributed by atoms with Crippen molar-refractivity contribution in [1.29, 1.82) is 0 Å². The van der Waals surface area contributed by atoms with Crippen LogP contribution in [-0.2, 0) is 11.3 Å². The minimum atomic E-state index is -1.07. The van der Waals surface area contributed by atoms with E-state index in [-0.39, 0.29) is 24.6 Å². The van der Waals surface area contributed by atoms with E-state index >= 15 is 0 Å². The average Bonchev–Trinajstić information content (AvgIpc) is 3.07. The molecule has 0 bridgehead atoms. The van der Waals surface area contributed by atoms with Gasteiger partial charge in [0.2, 0.25) is 0 Å². The maximum atomic E-state index is 13.6. The molecule has 3 aromatic rings. The van der Waals surface area contributed by atoms with Crippen LogP contribution in [0.4, 0.5) is 4.39 Å². The number of aliphatic carboxylic acids is 1. The van der Waals surface area contributed by atoms with E-state index in [1.807, 2.05) is 48.7 Å². The molecule has 0 aliphatic rings. The zero-order chi connectivity index (χ0) is 22.5. The molecule has 0 aliphatic carbocycles. The van der Waals surface area contributed by atoms with Crippen molar-refractivity contribution in [1.82, 2.24) is 4.57 Å². The highest BCUT2D eigenvalue weighted by Gasteiger charge is 2.26. The molecule has 1 unspecified atom stereocenters. The van der Waals surface area contributed by atoms with Crippen molar-refractivity contribution in [2.45, 2.75) is 45.3 Å². The van der Waals surface area contributed by atoms with Gasteiger partial charge < -0.3 is 14.8 Å². The molecule has 1 atom stereocenters. The standard InChI is InChI=1S/C25H26FNO4/c1-16(2)24-21(15-28)23(17-6-4-3-5-7-17)25(18-8-10-19(26)11-9-18)27(24)13-12-20(29)14-22(30)31/h3-11,15-16,20,29H,12-14H2,1-2H3,(H,30,31). The average molecular weight is 423 g/mol. The SMILES string of the molecule is CC(C)c1c(C=O)c(-c2ccccc2)c(-c2ccc(F)cc2)n1CCC(O)CC(=O)O. The van der Waals surface area contributed by atoms with E-state index in [0.717, 1.165) is 34.4 Å². The van der Waals surface area contributed by atoms with Crippen LogP contribution in [0.25, 0.3) is 22.4 Å². The summed E-state index contributed by atoms with van der Waals surface area (Å²) in [6, 6.07) is 15.6.